The second kappa shape index (κ2) is 9.28. The van der Waals surface area contributed by atoms with E-state index in [2.05, 4.69) is 25.4 Å². The molecule has 2 aromatic heterocycles. The predicted octanol–water partition coefficient (Wildman–Crippen LogP) is 2.12. The van der Waals surface area contributed by atoms with Crippen LogP contribution in [0.3, 0.4) is 0 Å². The topological polar surface area (TPSA) is 53.3 Å². The Morgan fingerprint density at radius 3 is 2.50 bits per heavy atom. The Kier molecular flexibility index (Phi) is 6.30. The fraction of sp³-hybridized carbons (Fsp3) is 0.391. The summed E-state index contributed by atoms with van der Waals surface area (Å²) in [6.07, 6.45) is 4.12. The van der Waals surface area contributed by atoms with Gasteiger partial charge in [0, 0.05) is 58.7 Å². The van der Waals surface area contributed by atoms with E-state index in [0.717, 1.165) is 55.4 Å². The van der Waals surface area contributed by atoms with Crippen LogP contribution in [0.2, 0.25) is 0 Å². The van der Waals surface area contributed by atoms with Gasteiger partial charge in [0.25, 0.3) is 0 Å². The van der Waals surface area contributed by atoms with Crippen molar-refractivity contribution >= 4 is 11.6 Å². The standard InChI is InChI=1S/C23H29N5O2/c1-25(15-19-6-8-21(30-2)9-7-19)23(29)18-27-13-11-26(12-14-27)16-20-17-28-10-4-3-5-22(28)24-20/h3-10,17H,11-16,18H2,1-2H3. The first-order chi connectivity index (χ1) is 14.6. The van der Waals surface area contributed by atoms with E-state index in [9.17, 15) is 4.79 Å². The Labute approximate surface area is 177 Å². The molecule has 0 saturated carbocycles. The molecule has 30 heavy (non-hydrogen) atoms. The van der Waals surface area contributed by atoms with E-state index in [0.29, 0.717) is 13.1 Å². The highest BCUT2D eigenvalue weighted by molar-refractivity contribution is 5.78. The molecule has 0 radical (unpaired) electrons. The fourth-order valence-corrected chi connectivity index (χ4v) is 3.80. The van der Waals surface area contributed by atoms with Crippen LogP contribution in [0.1, 0.15) is 11.3 Å². The van der Waals surface area contributed by atoms with Crippen molar-refractivity contribution in [1.29, 1.82) is 0 Å². The third-order valence-electron chi connectivity index (χ3n) is 5.63. The van der Waals surface area contributed by atoms with E-state index in [1.807, 2.05) is 55.7 Å². The molecule has 4 rings (SSSR count). The zero-order valence-electron chi connectivity index (χ0n) is 17.7. The number of carbonyl (C=O) groups is 1. The molecule has 0 spiro atoms. The first-order valence-electron chi connectivity index (χ1n) is 10.3. The first-order valence-corrected chi connectivity index (χ1v) is 10.3. The van der Waals surface area contributed by atoms with Gasteiger partial charge in [-0.1, -0.05) is 18.2 Å². The number of pyridine rings is 1. The third kappa shape index (κ3) is 4.98. The Morgan fingerprint density at radius 1 is 1.07 bits per heavy atom. The molecule has 0 unspecified atom stereocenters. The van der Waals surface area contributed by atoms with Crippen molar-refractivity contribution in [3.8, 4) is 5.75 Å². The molecule has 1 amide bonds. The number of methoxy groups -OCH3 is 1. The lowest BCUT2D eigenvalue weighted by molar-refractivity contribution is -0.132. The molecule has 0 atom stereocenters. The van der Waals surface area contributed by atoms with Crippen molar-refractivity contribution in [2.45, 2.75) is 13.1 Å². The average molecular weight is 408 g/mol. The maximum Gasteiger partial charge on any atom is 0.236 e. The summed E-state index contributed by atoms with van der Waals surface area (Å²) in [4.78, 5) is 23.8. The number of nitrogens with zero attached hydrogens (tertiary/aromatic N) is 5. The van der Waals surface area contributed by atoms with E-state index in [1.165, 1.54) is 0 Å². The van der Waals surface area contributed by atoms with Gasteiger partial charge in [-0.3, -0.25) is 14.6 Å². The molecule has 3 heterocycles. The van der Waals surface area contributed by atoms with Crippen molar-refractivity contribution in [2.75, 3.05) is 46.9 Å². The zero-order chi connectivity index (χ0) is 20.9. The van der Waals surface area contributed by atoms with E-state index < -0.39 is 0 Å². The summed E-state index contributed by atoms with van der Waals surface area (Å²) in [6.45, 7) is 5.62. The minimum absolute atomic E-state index is 0.152. The second-order valence-corrected chi connectivity index (χ2v) is 7.85. The number of hydrogen-bond acceptors (Lipinski definition) is 5. The molecule has 0 bridgehead atoms. The molecule has 1 aromatic carbocycles. The van der Waals surface area contributed by atoms with Crippen molar-refractivity contribution in [2.24, 2.45) is 0 Å². The largest absolute Gasteiger partial charge is 0.497 e. The smallest absolute Gasteiger partial charge is 0.236 e. The van der Waals surface area contributed by atoms with E-state index in [4.69, 9.17) is 4.74 Å². The quantitative estimate of drug-likeness (QED) is 0.601. The molecule has 1 aliphatic heterocycles. The van der Waals surface area contributed by atoms with Gasteiger partial charge in [-0.05, 0) is 29.8 Å². The van der Waals surface area contributed by atoms with Gasteiger partial charge >= 0.3 is 0 Å². The Morgan fingerprint density at radius 2 is 1.80 bits per heavy atom. The number of piperazine rings is 1. The third-order valence-corrected chi connectivity index (χ3v) is 5.63. The highest BCUT2D eigenvalue weighted by Crippen LogP contribution is 2.13. The first kappa shape index (κ1) is 20.4. The summed E-state index contributed by atoms with van der Waals surface area (Å²) in [5.74, 6) is 0.980. The summed E-state index contributed by atoms with van der Waals surface area (Å²) < 4.78 is 7.25. The van der Waals surface area contributed by atoms with Gasteiger partial charge in [-0.15, -0.1) is 0 Å². The van der Waals surface area contributed by atoms with E-state index in [1.54, 1.807) is 12.0 Å². The average Bonchev–Trinajstić information content (AvgIpc) is 3.18. The van der Waals surface area contributed by atoms with Gasteiger partial charge in [0.15, 0.2) is 0 Å². The normalized spacial score (nSPS) is 15.4. The molecule has 7 heteroatoms. The lowest BCUT2D eigenvalue weighted by atomic mass is 10.2. The maximum absolute atomic E-state index is 12.6. The highest BCUT2D eigenvalue weighted by Gasteiger charge is 2.21. The van der Waals surface area contributed by atoms with Crippen molar-refractivity contribution in [3.05, 3.63) is 66.1 Å². The van der Waals surface area contributed by atoms with Crippen LogP contribution in [0.15, 0.2) is 54.9 Å². The lowest BCUT2D eigenvalue weighted by Crippen LogP contribution is -2.49. The molecule has 7 nitrogen and oxygen atoms in total. The van der Waals surface area contributed by atoms with Gasteiger partial charge in [0.2, 0.25) is 5.91 Å². The van der Waals surface area contributed by atoms with Crippen LogP contribution >= 0.6 is 0 Å². The molecule has 1 fully saturated rings. The van der Waals surface area contributed by atoms with Crippen LogP contribution in [-0.4, -0.2) is 76.9 Å². The van der Waals surface area contributed by atoms with Crippen molar-refractivity contribution in [3.63, 3.8) is 0 Å². The summed E-state index contributed by atoms with van der Waals surface area (Å²) in [5, 5.41) is 0. The number of amides is 1. The minimum Gasteiger partial charge on any atom is -0.497 e. The van der Waals surface area contributed by atoms with Crippen molar-refractivity contribution < 1.29 is 9.53 Å². The van der Waals surface area contributed by atoms with Crippen LogP contribution in [0.5, 0.6) is 5.75 Å². The van der Waals surface area contributed by atoms with Gasteiger partial charge in [-0.25, -0.2) is 4.98 Å². The zero-order valence-corrected chi connectivity index (χ0v) is 17.7. The molecular formula is C23H29N5O2. The summed E-state index contributed by atoms with van der Waals surface area (Å²) in [7, 11) is 3.52. The predicted molar refractivity (Wildman–Crippen MR) is 116 cm³/mol. The Bertz CT molecular complexity index is 944. The molecule has 1 aliphatic rings. The number of fused-ring (bicyclic) bond motifs is 1. The number of likely N-dealkylation sites (N-methyl/N-ethyl adjacent to an activating group) is 1. The van der Waals surface area contributed by atoms with Crippen LogP contribution in [0, 0.1) is 0 Å². The van der Waals surface area contributed by atoms with Crippen LogP contribution < -0.4 is 4.74 Å². The molecular weight excluding hydrogens is 378 g/mol. The van der Waals surface area contributed by atoms with E-state index in [-0.39, 0.29) is 5.91 Å². The van der Waals surface area contributed by atoms with Gasteiger partial charge in [0.1, 0.15) is 11.4 Å². The summed E-state index contributed by atoms with van der Waals surface area (Å²) in [5.41, 5.74) is 3.17. The molecule has 1 saturated heterocycles. The van der Waals surface area contributed by atoms with Gasteiger partial charge in [0.05, 0.1) is 19.3 Å². The fourth-order valence-electron chi connectivity index (χ4n) is 3.80. The highest BCUT2D eigenvalue weighted by atomic mass is 16.5. The SMILES string of the molecule is COc1ccc(CN(C)C(=O)CN2CCN(Cc3cn4ccccc4n3)CC2)cc1. The maximum atomic E-state index is 12.6. The summed E-state index contributed by atoms with van der Waals surface area (Å²) >= 11 is 0. The van der Waals surface area contributed by atoms with E-state index >= 15 is 0 Å². The van der Waals surface area contributed by atoms with Crippen molar-refractivity contribution in [1.82, 2.24) is 24.1 Å². The molecule has 3 aromatic rings. The number of carbonyl (C=O) groups excluding carboxylic acids is 1. The Hall–Kier alpha value is -2.90. The molecule has 0 N–H and O–H groups in total. The number of rotatable bonds is 7. The lowest BCUT2D eigenvalue weighted by Gasteiger charge is -2.34. The number of ether oxygens (including phenoxy) is 1. The van der Waals surface area contributed by atoms with Gasteiger partial charge in [-0.2, -0.15) is 0 Å². The number of aromatic nitrogens is 2. The second-order valence-electron chi connectivity index (χ2n) is 7.85. The van der Waals surface area contributed by atoms with Gasteiger partial charge < -0.3 is 14.0 Å². The van der Waals surface area contributed by atoms with Crippen LogP contribution in [-0.2, 0) is 17.9 Å². The molecule has 0 aliphatic carbocycles. The number of benzene rings is 1. The molecule has 158 valence electrons. The minimum atomic E-state index is 0.152. The van der Waals surface area contributed by atoms with Crippen LogP contribution in [0.25, 0.3) is 5.65 Å². The Balaban J connectivity index is 1.23. The monoisotopic (exact) mass is 407 g/mol. The number of hydrogen-bond donors (Lipinski definition) is 0. The van der Waals surface area contributed by atoms with Crippen LogP contribution in [0.4, 0.5) is 0 Å². The summed E-state index contributed by atoms with van der Waals surface area (Å²) in [6, 6.07) is 13.9. The number of imidazole rings is 1.